The molecule has 3 aliphatic rings. The molecule has 3 saturated heterocycles. The van der Waals surface area contributed by atoms with Crippen molar-refractivity contribution in [3.8, 4) is 5.75 Å². The average molecular weight is 506 g/mol. The number of benzene rings is 2. The van der Waals surface area contributed by atoms with Gasteiger partial charge < -0.3 is 19.4 Å². The van der Waals surface area contributed by atoms with Crippen LogP contribution in [-0.4, -0.2) is 90.9 Å². The summed E-state index contributed by atoms with van der Waals surface area (Å²) in [6, 6.07) is 16.5. The summed E-state index contributed by atoms with van der Waals surface area (Å²) in [7, 11) is 0. The van der Waals surface area contributed by atoms with E-state index < -0.39 is 0 Å². The number of para-hydroxylation sites is 1. The van der Waals surface area contributed by atoms with Crippen LogP contribution in [-0.2, 0) is 9.59 Å². The van der Waals surface area contributed by atoms with Crippen LogP contribution < -0.4 is 15.2 Å². The standard InChI is InChI=1S/C28H35N5O4/c1-3-30-18-23(25-24(19-30)28(36)33(29-25)21-8-6-5-7-9-21)27(35)32-16-14-31(15-17-32)26(34)20-10-12-22(13-11-20)37-4-2/h5-13,23-25,29H,3-4,14-19H2,1-2H3. The molecule has 3 atom stereocenters. The summed E-state index contributed by atoms with van der Waals surface area (Å²) in [5.74, 6) is 0.169. The molecule has 37 heavy (non-hydrogen) atoms. The smallest absolute Gasteiger partial charge is 0.253 e. The SMILES string of the molecule is CCOc1ccc(C(=O)N2CCN(C(=O)C3CN(CC)CC4C(=O)N(c5ccccc5)NC34)CC2)cc1. The van der Waals surface area contributed by atoms with Gasteiger partial charge in [-0.15, -0.1) is 0 Å². The van der Waals surface area contributed by atoms with Gasteiger partial charge in [-0.25, -0.2) is 10.4 Å². The maximum Gasteiger partial charge on any atom is 0.253 e. The van der Waals surface area contributed by atoms with Crippen LogP contribution in [0.25, 0.3) is 0 Å². The normalized spacial score (nSPS) is 24.2. The average Bonchev–Trinajstić information content (AvgIpc) is 3.29. The monoisotopic (exact) mass is 505 g/mol. The highest BCUT2D eigenvalue weighted by Gasteiger charge is 2.51. The molecule has 9 nitrogen and oxygen atoms in total. The first-order chi connectivity index (χ1) is 18.0. The lowest BCUT2D eigenvalue weighted by Crippen LogP contribution is -2.60. The van der Waals surface area contributed by atoms with Gasteiger partial charge in [-0.2, -0.15) is 0 Å². The fourth-order valence-corrected chi connectivity index (χ4v) is 5.60. The molecule has 0 spiro atoms. The number of carbonyl (C=O) groups excluding carboxylic acids is 3. The summed E-state index contributed by atoms with van der Waals surface area (Å²) in [4.78, 5) is 45.9. The lowest BCUT2D eigenvalue weighted by molar-refractivity contribution is -0.141. The summed E-state index contributed by atoms with van der Waals surface area (Å²) >= 11 is 0. The van der Waals surface area contributed by atoms with Crippen LogP contribution in [0.4, 0.5) is 5.69 Å². The van der Waals surface area contributed by atoms with E-state index in [1.807, 2.05) is 54.3 Å². The molecule has 0 aliphatic carbocycles. The molecule has 0 bridgehead atoms. The zero-order chi connectivity index (χ0) is 25.9. The third-order valence-electron chi connectivity index (χ3n) is 7.66. The minimum Gasteiger partial charge on any atom is -0.494 e. The zero-order valence-electron chi connectivity index (χ0n) is 21.5. The number of hydrogen-bond acceptors (Lipinski definition) is 6. The van der Waals surface area contributed by atoms with E-state index in [-0.39, 0.29) is 35.6 Å². The topological polar surface area (TPSA) is 85.4 Å². The third kappa shape index (κ3) is 5.06. The Balaban J connectivity index is 1.24. The number of rotatable bonds is 6. The van der Waals surface area contributed by atoms with Crippen LogP contribution in [0.5, 0.6) is 5.75 Å². The number of ether oxygens (including phenoxy) is 1. The van der Waals surface area contributed by atoms with Crippen molar-refractivity contribution in [3.05, 3.63) is 60.2 Å². The van der Waals surface area contributed by atoms with Crippen molar-refractivity contribution in [3.63, 3.8) is 0 Å². The number of nitrogens with zero attached hydrogens (tertiary/aromatic N) is 4. The molecule has 0 radical (unpaired) electrons. The van der Waals surface area contributed by atoms with Crippen LogP contribution in [0, 0.1) is 11.8 Å². The van der Waals surface area contributed by atoms with Gasteiger partial charge in [0.2, 0.25) is 11.8 Å². The van der Waals surface area contributed by atoms with Gasteiger partial charge in [0.05, 0.1) is 30.2 Å². The van der Waals surface area contributed by atoms with E-state index in [2.05, 4.69) is 17.2 Å². The Kier molecular flexibility index (Phi) is 7.43. The molecular formula is C28H35N5O4. The Bertz CT molecular complexity index is 1120. The molecule has 9 heteroatoms. The molecule has 0 saturated carbocycles. The zero-order valence-corrected chi connectivity index (χ0v) is 21.5. The first-order valence-electron chi connectivity index (χ1n) is 13.2. The van der Waals surface area contributed by atoms with E-state index in [9.17, 15) is 14.4 Å². The number of hydrogen-bond donors (Lipinski definition) is 1. The summed E-state index contributed by atoms with van der Waals surface area (Å²) in [6.45, 7) is 8.55. The lowest BCUT2D eigenvalue weighted by atomic mass is 9.83. The summed E-state index contributed by atoms with van der Waals surface area (Å²) in [6.07, 6.45) is 0. The van der Waals surface area contributed by atoms with Gasteiger partial charge >= 0.3 is 0 Å². The molecule has 196 valence electrons. The highest BCUT2D eigenvalue weighted by Crippen LogP contribution is 2.32. The Hall–Kier alpha value is -3.43. The molecule has 5 rings (SSSR count). The molecule has 0 aromatic heterocycles. The maximum absolute atomic E-state index is 13.8. The van der Waals surface area contributed by atoms with Gasteiger partial charge in [-0.05, 0) is 49.9 Å². The Morgan fingerprint density at radius 3 is 2.24 bits per heavy atom. The van der Waals surface area contributed by atoms with Gasteiger partial charge in [0.1, 0.15) is 5.75 Å². The van der Waals surface area contributed by atoms with Crippen LogP contribution in [0.1, 0.15) is 24.2 Å². The second kappa shape index (κ2) is 10.9. The number of likely N-dealkylation sites (tertiary alicyclic amines) is 1. The summed E-state index contributed by atoms with van der Waals surface area (Å²) < 4.78 is 5.47. The third-order valence-corrected chi connectivity index (χ3v) is 7.66. The number of piperazine rings is 1. The first-order valence-corrected chi connectivity index (χ1v) is 13.2. The molecule has 2 aromatic rings. The van der Waals surface area contributed by atoms with Crippen LogP contribution >= 0.6 is 0 Å². The van der Waals surface area contributed by atoms with Crippen molar-refractivity contribution in [2.75, 3.05) is 57.4 Å². The Morgan fingerprint density at radius 1 is 0.919 bits per heavy atom. The molecule has 3 aliphatic heterocycles. The van der Waals surface area contributed by atoms with Gasteiger partial charge in [0.25, 0.3) is 5.91 Å². The van der Waals surface area contributed by atoms with E-state index in [0.717, 1.165) is 18.0 Å². The molecule has 3 unspecified atom stereocenters. The fraction of sp³-hybridized carbons (Fsp3) is 0.464. The van der Waals surface area contributed by atoms with Crippen molar-refractivity contribution >= 4 is 23.4 Å². The molecule has 3 heterocycles. The number of anilines is 1. The number of nitrogens with one attached hydrogen (secondary N) is 1. The molecule has 3 amide bonds. The molecule has 2 aromatic carbocycles. The van der Waals surface area contributed by atoms with Crippen LogP contribution in [0.2, 0.25) is 0 Å². The molecular weight excluding hydrogens is 470 g/mol. The van der Waals surface area contributed by atoms with E-state index in [0.29, 0.717) is 51.4 Å². The summed E-state index contributed by atoms with van der Waals surface area (Å²) in [5.41, 5.74) is 4.78. The predicted octanol–water partition coefficient (Wildman–Crippen LogP) is 1.86. The van der Waals surface area contributed by atoms with Crippen molar-refractivity contribution in [2.24, 2.45) is 11.8 Å². The first kappa shape index (κ1) is 25.2. The second-order valence-electron chi connectivity index (χ2n) is 9.80. The van der Waals surface area contributed by atoms with Crippen molar-refractivity contribution in [1.29, 1.82) is 0 Å². The number of hydrazine groups is 1. The maximum atomic E-state index is 13.8. The largest absolute Gasteiger partial charge is 0.494 e. The van der Waals surface area contributed by atoms with Crippen molar-refractivity contribution in [2.45, 2.75) is 19.9 Å². The number of carbonyl (C=O) groups is 3. The minimum absolute atomic E-state index is 0.0120. The van der Waals surface area contributed by atoms with Crippen molar-refractivity contribution in [1.82, 2.24) is 20.1 Å². The quantitative estimate of drug-likeness (QED) is 0.645. The number of amides is 3. The number of fused-ring (bicyclic) bond motifs is 1. The van der Waals surface area contributed by atoms with E-state index >= 15 is 0 Å². The minimum atomic E-state index is -0.329. The van der Waals surface area contributed by atoms with Crippen LogP contribution in [0.3, 0.4) is 0 Å². The fourth-order valence-electron chi connectivity index (χ4n) is 5.60. The van der Waals surface area contributed by atoms with Crippen LogP contribution in [0.15, 0.2) is 54.6 Å². The molecule has 1 N–H and O–H groups in total. The predicted molar refractivity (Wildman–Crippen MR) is 140 cm³/mol. The Morgan fingerprint density at radius 2 is 1.59 bits per heavy atom. The highest BCUT2D eigenvalue weighted by molar-refractivity contribution is 5.98. The van der Waals surface area contributed by atoms with Gasteiger partial charge in [-0.1, -0.05) is 25.1 Å². The van der Waals surface area contributed by atoms with E-state index in [1.165, 1.54) is 0 Å². The second-order valence-corrected chi connectivity index (χ2v) is 9.80. The molecule has 3 fully saturated rings. The number of piperidine rings is 1. The van der Waals surface area contributed by atoms with Gasteiger partial charge in [0, 0.05) is 44.8 Å². The lowest BCUT2D eigenvalue weighted by Gasteiger charge is -2.42. The van der Waals surface area contributed by atoms with Gasteiger partial charge in [0.15, 0.2) is 0 Å². The van der Waals surface area contributed by atoms with E-state index in [4.69, 9.17) is 4.74 Å². The van der Waals surface area contributed by atoms with E-state index in [1.54, 1.807) is 22.0 Å². The Labute approximate surface area is 217 Å². The summed E-state index contributed by atoms with van der Waals surface area (Å²) in [5, 5.41) is 1.61. The van der Waals surface area contributed by atoms with Gasteiger partial charge in [-0.3, -0.25) is 14.4 Å². The highest BCUT2D eigenvalue weighted by atomic mass is 16.5. The van der Waals surface area contributed by atoms with Crippen molar-refractivity contribution < 1.29 is 19.1 Å².